The molecule has 0 bridgehead atoms. The monoisotopic (exact) mass is 268 g/mol. The first-order chi connectivity index (χ1) is 8.56. The van der Waals surface area contributed by atoms with Crippen molar-refractivity contribution in [3.8, 4) is 0 Å². The molecule has 100 valence electrons. The number of benzene rings is 1. The zero-order valence-corrected chi connectivity index (χ0v) is 12.1. The van der Waals surface area contributed by atoms with Crippen LogP contribution in [-0.4, -0.2) is 42.4 Å². The van der Waals surface area contributed by atoms with E-state index in [0.29, 0.717) is 6.54 Å². The molecule has 1 aromatic carbocycles. The SMILES string of the molecule is CCN(CC)C(=O)CN(C)Cc1cccc(Cl)c1. The highest BCUT2D eigenvalue weighted by atomic mass is 35.5. The van der Waals surface area contributed by atoms with E-state index in [4.69, 9.17) is 11.6 Å². The first kappa shape index (κ1) is 15.0. The van der Waals surface area contributed by atoms with Gasteiger partial charge in [-0.05, 0) is 38.6 Å². The largest absolute Gasteiger partial charge is 0.342 e. The van der Waals surface area contributed by atoms with Gasteiger partial charge >= 0.3 is 0 Å². The molecule has 0 N–H and O–H groups in total. The smallest absolute Gasteiger partial charge is 0.236 e. The molecule has 0 saturated heterocycles. The molecule has 0 aliphatic carbocycles. The number of carbonyl (C=O) groups is 1. The van der Waals surface area contributed by atoms with Crippen LogP contribution in [0.25, 0.3) is 0 Å². The zero-order valence-electron chi connectivity index (χ0n) is 11.3. The molecule has 1 amide bonds. The van der Waals surface area contributed by atoms with Gasteiger partial charge in [-0.15, -0.1) is 0 Å². The number of amides is 1. The highest BCUT2D eigenvalue weighted by Crippen LogP contribution is 2.12. The summed E-state index contributed by atoms with van der Waals surface area (Å²) in [7, 11) is 1.95. The predicted molar refractivity (Wildman–Crippen MR) is 75.7 cm³/mol. The van der Waals surface area contributed by atoms with Gasteiger partial charge in [-0.1, -0.05) is 23.7 Å². The van der Waals surface area contributed by atoms with E-state index in [-0.39, 0.29) is 5.91 Å². The fraction of sp³-hybridized carbons (Fsp3) is 0.500. The third-order valence-electron chi connectivity index (χ3n) is 2.86. The molecule has 0 aromatic heterocycles. The number of hydrogen-bond donors (Lipinski definition) is 0. The molecule has 0 atom stereocenters. The summed E-state index contributed by atoms with van der Waals surface area (Å²) >= 11 is 5.94. The van der Waals surface area contributed by atoms with Gasteiger partial charge in [-0.2, -0.15) is 0 Å². The second-order valence-electron chi connectivity index (χ2n) is 4.37. The van der Waals surface area contributed by atoms with Crippen LogP contribution in [0.15, 0.2) is 24.3 Å². The number of hydrogen-bond acceptors (Lipinski definition) is 2. The first-order valence-corrected chi connectivity index (χ1v) is 6.65. The Morgan fingerprint density at radius 2 is 1.94 bits per heavy atom. The maximum absolute atomic E-state index is 11.9. The lowest BCUT2D eigenvalue weighted by Gasteiger charge is -2.23. The summed E-state index contributed by atoms with van der Waals surface area (Å²) in [6.07, 6.45) is 0. The highest BCUT2D eigenvalue weighted by molar-refractivity contribution is 6.30. The van der Waals surface area contributed by atoms with Crippen LogP contribution in [0, 0.1) is 0 Å². The summed E-state index contributed by atoms with van der Waals surface area (Å²) in [5, 5.41) is 0.732. The van der Waals surface area contributed by atoms with Crippen molar-refractivity contribution < 1.29 is 4.79 Å². The van der Waals surface area contributed by atoms with Gasteiger partial charge in [0.15, 0.2) is 0 Å². The predicted octanol–water partition coefficient (Wildman–Crippen LogP) is 2.64. The second-order valence-corrected chi connectivity index (χ2v) is 4.80. The Morgan fingerprint density at radius 1 is 1.28 bits per heavy atom. The van der Waals surface area contributed by atoms with E-state index in [2.05, 4.69) is 0 Å². The van der Waals surface area contributed by atoms with Crippen molar-refractivity contribution in [2.24, 2.45) is 0 Å². The normalized spacial score (nSPS) is 10.7. The molecular weight excluding hydrogens is 248 g/mol. The van der Waals surface area contributed by atoms with Crippen LogP contribution >= 0.6 is 11.6 Å². The number of nitrogens with zero attached hydrogens (tertiary/aromatic N) is 2. The Bertz CT molecular complexity index is 391. The summed E-state index contributed by atoms with van der Waals surface area (Å²) in [6, 6.07) is 7.73. The van der Waals surface area contributed by atoms with Crippen LogP contribution in [0.4, 0.5) is 0 Å². The van der Waals surface area contributed by atoms with Crippen LogP contribution in [0.2, 0.25) is 5.02 Å². The fourth-order valence-electron chi connectivity index (χ4n) is 1.91. The first-order valence-electron chi connectivity index (χ1n) is 6.27. The Labute approximate surface area is 114 Å². The van der Waals surface area contributed by atoms with E-state index in [1.54, 1.807) is 0 Å². The van der Waals surface area contributed by atoms with E-state index in [0.717, 1.165) is 30.2 Å². The maximum atomic E-state index is 11.9. The molecule has 18 heavy (non-hydrogen) atoms. The van der Waals surface area contributed by atoms with Crippen molar-refractivity contribution in [3.63, 3.8) is 0 Å². The quantitative estimate of drug-likeness (QED) is 0.792. The van der Waals surface area contributed by atoms with Crippen LogP contribution in [0.1, 0.15) is 19.4 Å². The van der Waals surface area contributed by atoms with E-state index < -0.39 is 0 Å². The summed E-state index contributed by atoms with van der Waals surface area (Å²) in [4.78, 5) is 15.8. The standard InChI is InChI=1S/C14H21ClN2O/c1-4-17(5-2)14(18)11-16(3)10-12-7-6-8-13(15)9-12/h6-9H,4-5,10-11H2,1-3H3. The van der Waals surface area contributed by atoms with Crippen LogP contribution in [0.3, 0.4) is 0 Å². The Balaban J connectivity index is 2.51. The number of halogens is 1. The summed E-state index contributed by atoms with van der Waals surface area (Å²) < 4.78 is 0. The molecule has 0 radical (unpaired) electrons. The van der Waals surface area contributed by atoms with Gasteiger partial charge in [-0.3, -0.25) is 9.69 Å². The molecule has 3 nitrogen and oxygen atoms in total. The van der Waals surface area contributed by atoms with Crippen molar-refractivity contribution in [3.05, 3.63) is 34.9 Å². The lowest BCUT2D eigenvalue weighted by molar-refractivity contribution is -0.131. The van der Waals surface area contributed by atoms with Crippen molar-refractivity contribution in [1.82, 2.24) is 9.80 Å². The fourth-order valence-corrected chi connectivity index (χ4v) is 2.12. The van der Waals surface area contributed by atoms with Crippen LogP contribution < -0.4 is 0 Å². The summed E-state index contributed by atoms with van der Waals surface area (Å²) in [5.41, 5.74) is 1.12. The third-order valence-corrected chi connectivity index (χ3v) is 3.10. The highest BCUT2D eigenvalue weighted by Gasteiger charge is 2.12. The molecule has 0 unspecified atom stereocenters. The van der Waals surface area contributed by atoms with E-state index in [1.165, 1.54) is 0 Å². The maximum Gasteiger partial charge on any atom is 0.236 e. The number of rotatable bonds is 6. The van der Waals surface area contributed by atoms with Gasteiger partial charge in [0.2, 0.25) is 5.91 Å². The average molecular weight is 269 g/mol. The Morgan fingerprint density at radius 3 is 2.50 bits per heavy atom. The van der Waals surface area contributed by atoms with E-state index >= 15 is 0 Å². The Kier molecular flexibility index (Phi) is 6.16. The molecule has 0 fully saturated rings. The lowest BCUT2D eigenvalue weighted by Crippen LogP contribution is -2.38. The minimum atomic E-state index is 0.171. The van der Waals surface area contributed by atoms with Crippen molar-refractivity contribution in [2.45, 2.75) is 20.4 Å². The van der Waals surface area contributed by atoms with Gasteiger partial charge in [-0.25, -0.2) is 0 Å². The van der Waals surface area contributed by atoms with Gasteiger partial charge in [0, 0.05) is 24.7 Å². The average Bonchev–Trinajstić information content (AvgIpc) is 2.30. The molecule has 0 aliphatic rings. The van der Waals surface area contributed by atoms with Gasteiger partial charge in [0.1, 0.15) is 0 Å². The Hall–Kier alpha value is -1.06. The topological polar surface area (TPSA) is 23.6 Å². The molecule has 4 heteroatoms. The van der Waals surface area contributed by atoms with Crippen molar-refractivity contribution in [1.29, 1.82) is 0 Å². The minimum Gasteiger partial charge on any atom is -0.342 e. The van der Waals surface area contributed by atoms with Crippen molar-refractivity contribution in [2.75, 3.05) is 26.7 Å². The molecule has 1 rings (SSSR count). The van der Waals surface area contributed by atoms with Crippen LogP contribution in [0.5, 0.6) is 0 Å². The van der Waals surface area contributed by atoms with Crippen LogP contribution in [-0.2, 0) is 11.3 Å². The van der Waals surface area contributed by atoms with Gasteiger partial charge in [0.25, 0.3) is 0 Å². The minimum absolute atomic E-state index is 0.171. The zero-order chi connectivity index (χ0) is 13.5. The van der Waals surface area contributed by atoms with E-state index in [1.807, 2.05) is 55.0 Å². The second kappa shape index (κ2) is 7.39. The molecule has 0 saturated carbocycles. The summed E-state index contributed by atoms with van der Waals surface area (Å²) in [6.45, 7) is 6.69. The van der Waals surface area contributed by atoms with E-state index in [9.17, 15) is 4.79 Å². The number of carbonyl (C=O) groups excluding carboxylic acids is 1. The molecular formula is C14H21ClN2O. The lowest BCUT2D eigenvalue weighted by atomic mass is 10.2. The third kappa shape index (κ3) is 4.67. The molecule has 0 heterocycles. The molecule has 1 aromatic rings. The summed E-state index contributed by atoms with van der Waals surface area (Å²) in [5.74, 6) is 0.171. The van der Waals surface area contributed by atoms with Gasteiger partial charge in [0.05, 0.1) is 6.54 Å². The molecule has 0 aliphatic heterocycles. The number of likely N-dealkylation sites (N-methyl/N-ethyl adjacent to an activating group) is 2. The van der Waals surface area contributed by atoms with Gasteiger partial charge < -0.3 is 4.90 Å². The van der Waals surface area contributed by atoms with Crippen molar-refractivity contribution >= 4 is 17.5 Å². The molecule has 0 spiro atoms.